The van der Waals surface area contributed by atoms with Gasteiger partial charge in [0.05, 0.1) is 31.4 Å². The van der Waals surface area contributed by atoms with Crippen molar-refractivity contribution in [1.82, 2.24) is 15.6 Å². The highest BCUT2D eigenvalue weighted by molar-refractivity contribution is 5.87. The zero-order valence-electron chi connectivity index (χ0n) is 33.0. The Hall–Kier alpha value is -3.81. The number of esters is 1. The van der Waals surface area contributed by atoms with Gasteiger partial charge < -0.3 is 19.5 Å². The van der Waals surface area contributed by atoms with E-state index in [0.717, 1.165) is 43.4 Å². The third-order valence-corrected chi connectivity index (χ3v) is 14.5. The normalized spacial score (nSPS) is 31.0. The van der Waals surface area contributed by atoms with Crippen LogP contribution in [-0.2, 0) is 30.2 Å². The van der Waals surface area contributed by atoms with Gasteiger partial charge in [0.1, 0.15) is 12.1 Å². The lowest BCUT2D eigenvalue weighted by molar-refractivity contribution is -0.383. The number of nitrogens with one attached hydrogen (secondary N) is 1. The molecule has 0 aliphatic heterocycles. The van der Waals surface area contributed by atoms with Crippen LogP contribution >= 0.6 is 0 Å². The Labute approximate surface area is 323 Å². The largest absolute Gasteiger partial charge is 0.463 e. The molecule has 4 aliphatic rings. The highest BCUT2D eigenvalue weighted by Gasteiger charge is 2.60. The molecule has 302 valence electrons. The van der Waals surface area contributed by atoms with Gasteiger partial charge in [-0.3, -0.25) is 19.7 Å². The lowest BCUT2D eigenvalue weighted by atomic mass is 9.44. The van der Waals surface area contributed by atoms with Gasteiger partial charge in [-0.15, -0.1) is 0 Å². The Kier molecular flexibility index (Phi) is 13.3. The van der Waals surface area contributed by atoms with Crippen LogP contribution in [0.4, 0.5) is 5.69 Å². The van der Waals surface area contributed by atoms with Gasteiger partial charge in [-0.05, 0) is 144 Å². The van der Waals surface area contributed by atoms with Crippen molar-refractivity contribution in [3.8, 4) is 0 Å². The number of carbonyl (C=O) groups excluding carboxylic acids is 2. The van der Waals surface area contributed by atoms with Gasteiger partial charge in [0.15, 0.2) is 0 Å². The molecule has 4 saturated carbocycles. The quantitative estimate of drug-likeness (QED) is 0.0297. The number of fused-ring (bicyclic) bond motifs is 6. The van der Waals surface area contributed by atoms with E-state index in [2.05, 4.69) is 46.4 Å². The number of benzene rings is 1. The number of hydrogen-bond acceptors (Lipinski definition) is 11. The first kappa shape index (κ1) is 40.8. The van der Waals surface area contributed by atoms with E-state index in [-0.39, 0.29) is 41.6 Å². The zero-order chi connectivity index (χ0) is 39.2. The third kappa shape index (κ3) is 8.94. The Morgan fingerprint density at radius 3 is 2.51 bits per heavy atom. The maximum Gasteiger partial charge on any atom is 0.305 e. The molecule has 0 saturated heterocycles. The number of rotatable bonds is 18. The van der Waals surface area contributed by atoms with Crippen molar-refractivity contribution in [2.24, 2.45) is 57.4 Å². The van der Waals surface area contributed by atoms with Gasteiger partial charge in [-0.2, -0.15) is 0 Å². The summed E-state index contributed by atoms with van der Waals surface area (Å²) in [6, 6.07) is 3.21. The first-order valence-electron chi connectivity index (χ1n) is 20.5. The SMILES string of the molecule is C[C@H](Cc1ccc([N+](=O)[O-])c2nonc12)C(=O)N[C@@H]1CC[C@]2(C)C3CC[C@@]4(C)C(CCC4[C@H](C)CCC(=O)OCCOCCOCCN=[N+]=[N-])C3CC[C@@H]2C1. The summed E-state index contributed by atoms with van der Waals surface area (Å²) in [7, 11) is 0. The predicted octanol–water partition coefficient (Wildman–Crippen LogP) is 7.76. The van der Waals surface area contributed by atoms with E-state index in [0.29, 0.717) is 85.5 Å². The molecule has 15 heteroatoms. The fourth-order valence-corrected chi connectivity index (χ4v) is 11.7. The summed E-state index contributed by atoms with van der Waals surface area (Å²) in [4.78, 5) is 39.6. The van der Waals surface area contributed by atoms with Gasteiger partial charge in [0.25, 0.3) is 0 Å². The standard InChI is InChI=1S/C40H59N7O8/c1-25(5-12-35(48)54-22-21-53-20-19-52-18-17-42-46-41)31-9-10-32-30-8-7-28-24-29(13-15-39(28,3)33(30)14-16-40(31,32)4)43-38(49)26(2)23-27-6-11-34(47(50)51)37-36(27)44-55-45-37/h6,11,25-26,28-33H,5,7-10,12-24H2,1-4H3,(H,43,49)/t25-,26-,28-,29-,30?,31?,32?,33?,39+,40-/m1/s1. The summed E-state index contributed by atoms with van der Waals surface area (Å²) in [5, 5.41) is 25.8. The van der Waals surface area contributed by atoms with Crippen LogP contribution in [0.25, 0.3) is 21.5 Å². The minimum absolute atomic E-state index is 0.00509. The molecule has 1 aromatic heterocycles. The van der Waals surface area contributed by atoms with Crippen LogP contribution in [0.2, 0.25) is 0 Å². The monoisotopic (exact) mass is 765 g/mol. The summed E-state index contributed by atoms with van der Waals surface area (Å²) in [6.07, 6.45) is 12.3. The first-order valence-corrected chi connectivity index (χ1v) is 20.5. The predicted molar refractivity (Wildman–Crippen MR) is 203 cm³/mol. The van der Waals surface area contributed by atoms with Crippen LogP contribution in [0, 0.1) is 62.4 Å². The molecule has 0 radical (unpaired) electrons. The molecule has 2 aromatic rings. The number of nitro groups is 1. The van der Waals surface area contributed by atoms with E-state index in [1.807, 2.05) is 6.92 Å². The van der Waals surface area contributed by atoms with Crippen LogP contribution in [0.5, 0.6) is 0 Å². The molecule has 0 spiro atoms. The maximum absolute atomic E-state index is 13.5. The van der Waals surface area contributed by atoms with Crippen LogP contribution in [-0.4, -0.2) is 72.7 Å². The molecule has 55 heavy (non-hydrogen) atoms. The molecule has 1 amide bonds. The van der Waals surface area contributed by atoms with Crippen LogP contribution in [0.3, 0.4) is 0 Å². The third-order valence-electron chi connectivity index (χ3n) is 14.5. The fraction of sp³-hybridized carbons (Fsp3) is 0.800. The molecule has 6 rings (SSSR count). The van der Waals surface area contributed by atoms with E-state index in [1.54, 1.807) is 6.07 Å². The van der Waals surface area contributed by atoms with Gasteiger partial charge >= 0.3 is 11.7 Å². The summed E-state index contributed by atoms with van der Waals surface area (Å²) in [6.45, 7) is 11.4. The highest BCUT2D eigenvalue weighted by Crippen LogP contribution is 2.68. The van der Waals surface area contributed by atoms with Gasteiger partial charge in [0.2, 0.25) is 11.4 Å². The number of carbonyl (C=O) groups is 2. The van der Waals surface area contributed by atoms with Gasteiger partial charge in [-0.25, -0.2) is 4.63 Å². The molecule has 0 bridgehead atoms. The Bertz CT molecular complexity index is 1710. The number of hydrogen-bond donors (Lipinski definition) is 1. The molecule has 4 unspecified atom stereocenters. The summed E-state index contributed by atoms with van der Waals surface area (Å²) in [5.74, 6) is 3.39. The van der Waals surface area contributed by atoms with Crippen LogP contribution < -0.4 is 5.32 Å². The van der Waals surface area contributed by atoms with Crippen LogP contribution in [0.1, 0.15) is 104 Å². The molecular formula is C40H59N7O8. The first-order chi connectivity index (χ1) is 26.5. The molecule has 1 heterocycles. The minimum atomic E-state index is -0.502. The Balaban J connectivity index is 0.943. The number of nitro benzene ring substituents is 1. The number of azide groups is 1. The molecule has 1 aromatic carbocycles. The van der Waals surface area contributed by atoms with E-state index >= 15 is 0 Å². The summed E-state index contributed by atoms with van der Waals surface area (Å²) < 4.78 is 21.0. The lowest BCUT2D eigenvalue weighted by Crippen LogP contribution is -2.55. The number of ether oxygens (including phenoxy) is 3. The van der Waals surface area contributed by atoms with Gasteiger partial charge in [-0.1, -0.05) is 32.8 Å². The van der Waals surface area contributed by atoms with E-state index in [4.69, 9.17) is 24.4 Å². The van der Waals surface area contributed by atoms with Crippen molar-refractivity contribution >= 4 is 28.6 Å². The summed E-state index contributed by atoms with van der Waals surface area (Å²) >= 11 is 0. The van der Waals surface area contributed by atoms with Crippen molar-refractivity contribution in [1.29, 1.82) is 0 Å². The van der Waals surface area contributed by atoms with Crippen molar-refractivity contribution in [2.75, 3.05) is 39.6 Å². The van der Waals surface area contributed by atoms with Crippen molar-refractivity contribution < 1.29 is 33.4 Å². The number of non-ortho nitro benzene ring substituents is 1. The van der Waals surface area contributed by atoms with Crippen LogP contribution in [0.15, 0.2) is 21.9 Å². The second-order valence-electron chi connectivity index (χ2n) is 17.3. The summed E-state index contributed by atoms with van der Waals surface area (Å²) in [5.41, 5.74) is 9.88. The second-order valence-corrected chi connectivity index (χ2v) is 17.3. The fourth-order valence-electron chi connectivity index (χ4n) is 11.7. The van der Waals surface area contributed by atoms with E-state index in [1.165, 1.54) is 44.6 Å². The Morgan fingerprint density at radius 1 is 1.00 bits per heavy atom. The average Bonchev–Trinajstić information content (AvgIpc) is 3.80. The molecule has 10 atom stereocenters. The maximum atomic E-state index is 13.5. The number of nitrogens with zero attached hydrogens (tertiary/aromatic N) is 6. The van der Waals surface area contributed by atoms with Crippen molar-refractivity contribution in [3.63, 3.8) is 0 Å². The topological polar surface area (TPSA) is 205 Å². The lowest BCUT2D eigenvalue weighted by Gasteiger charge is -2.61. The van der Waals surface area contributed by atoms with Gasteiger partial charge in [0, 0.05) is 35.9 Å². The van der Waals surface area contributed by atoms with E-state index in [9.17, 15) is 19.7 Å². The van der Waals surface area contributed by atoms with Crippen molar-refractivity contribution in [2.45, 2.75) is 111 Å². The molecule has 15 nitrogen and oxygen atoms in total. The second kappa shape index (κ2) is 18.0. The van der Waals surface area contributed by atoms with E-state index < -0.39 is 4.92 Å². The molecule has 4 fully saturated rings. The average molecular weight is 766 g/mol. The number of amides is 1. The molecular weight excluding hydrogens is 706 g/mol. The van der Waals surface area contributed by atoms with Crippen molar-refractivity contribution in [3.05, 3.63) is 38.3 Å². The minimum Gasteiger partial charge on any atom is -0.463 e. The molecule has 4 aliphatic carbocycles. The zero-order valence-corrected chi connectivity index (χ0v) is 33.0. The Morgan fingerprint density at radius 2 is 1.73 bits per heavy atom. The number of aromatic nitrogens is 2. The smallest absolute Gasteiger partial charge is 0.305 e. The highest BCUT2D eigenvalue weighted by atomic mass is 16.6. The molecule has 1 N–H and O–H groups in total.